The first-order chi connectivity index (χ1) is 8.95. The molecule has 0 aromatic rings. The number of unbranched alkanes of at least 4 members (excludes halogenated alkanes) is 2. The van der Waals surface area contributed by atoms with Crippen LogP contribution in [0.15, 0.2) is 0 Å². The number of carbonyl (C=O) groups is 2. The van der Waals surface area contributed by atoms with Crippen molar-refractivity contribution < 1.29 is 19.8 Å². The molecule has 19 heavy (non-hydrogen) atoms. The molecule has 5 N–H and O–H groups in total. The molecule has 0 rings (SSSR count). The molecule has 0 spiro atoms. The van der Waals surface area contributed by atoms with Gasteiger partial charge in [0, 0.05) is 6.42 Å². The Morgan fingerprint density at radius 3 is 1.89 bits per heavy atom. The number of carboxylic acids is 2. The van der Waals surface area contributed by atoms with Gasteiger partial charge in [-0.2, -0.15) is 0 Å². The minimum Gasteiger partial charge on any atom is -0.481 e. The molecule has 6 heteroatoms. The van der Waals surface area contributed by atoms with E-state index >= 15 is 0 Å². The fourth-order valence-electron chi connectivity index (χ4n) is 1.13. The predicted molar refractivity (Wildman–Crippen MR) is 75.2 cm³/mol. The zero-order valence-corrected chi connectivity index (χ0v) is 12.0. The summed E-state index contributed by atoms with van der Waals surface area (Å²) in [5, 5.41) is 19.7. The number of hydrogen-bond acceptors (Lipinski definition) is 4. The minimum absolute atomic E-state index is 0.0231. The molecule has 0 aromatic carbocycles. The Balaban J connectivity index is 0. The third kappa shape index (κ3) is 19.4. The average Bonchev–Trinajstić information content (AvgIpc) is 2.36. The summed E-state index contributed by atoms with van der Waals surface area (Å²) < 4.78 is 0. The maximum Gasteiger partial charge on any atom is 0.320 e. The van der Waals surface area contributed by atoms with Gasteiger partial charge in [-0.25, -0.2) is 0 Å². The molecule has 0 radical (unpaired) electrons. The van der Waals surface area contributed by atoms with Gasteiger partial charge in [0.05, 0.1) is 0 Å². The van der Waals surface area contributed by atoms with Gasteiger partial charge in [-0.3, -0.25) is 9.59 Å². The molecule has 1 atom stereocenters. The summed E-state index contributed by atoms with van der Waals surface area (Å²) in [6, 6.07) is -1.06. The zero-order valence-electron chi connectivity index (χ0n) is 12.0. The van der Waals surface area contributed by atoms with Crippen molar-refractivity contribution in [3.63, 3.8) is 0 Å². The molecule has 0 amide bonds. The van der Waals surface area contributed by atoms with Crippen molar-refractivity contribution in [2.45, 2.75) is 58.4 Å². The van der Waals surface area contributed by atoms with E-state index in [4.69, 9.17) is 15.9 Å². The molecule has 0 bridgehead atoms. The van der Waals surface area contributed by atoms with Crippen LogP contribution in [0.5, 0.6) is 0 Å². The number of nitrogens with one attached hydrogen (secondary N) is 1. The molecule has 6 nitrogen and oxygen atoms in total. The van der Waals surface area contributed by atoms with Crippen LogP contribution in [0.1, 0.15) is 52.4 Å². The van der Waals surface area contributed by atoms with E-state index < -0.39 is 18.0 Å². The van der Waals surface area contributed by atoms with Crippen LogP contribution in [-0.4, -0.2) is 41.3 Å². The fourth-order valence-corrected chi connectivity index (χ4v) is 1.13. The van der Waals surface area contributed by atoms with Gasteiger partial charge >= 0.3 is 11.9 Å². The summed E-state index contributed by atoms with van der Waals surface area (Å²) in [5.74, 6) is -2.20. The van der Waals surface area contributed by atoms with Crippen LogP contribution in [0.25, 0.3) is 0 Å². The molecule has 0 heterocycles. The monoisotopic (exact) mass is 276 g/mol. The number of rotatable bonds is 10. The molecule has 0 unspecified atom stereocenters. The van der Waals surface area contributed by atoms with Crippen LogP contribution in [0, 0.1) is 0 Å². The average molecular weight is 276 g/mol. The van der Waals surface area contributed by atoms with E-state index in [2.05, 4.69) is 19.2 Å². The summed E-state index contributed by atoms with van der Waals surface area (Å²) in [7, 11) is 0. The molecule has 0 fully saturated rings. The van der Waals surface area contributed by atoms with Crippen LogP contribution in [-0.2, 0) is 9.59 Å². The number of aliphatic carboxylic acids is 2. The Morgan fingerprint density at radius 1 is 1.11 bits per heavy atom. The van der Waals surface area contributed by atoms with E-state index in [0.29, 0.717) is 0 Å². The number of carboxylic acid groups (broad SMARTS) is 2. The molecule has 0 aliphatic heterocycles. The topological polar surface area (TPSA) is 113 Å². The first-order valence-electron chi connectivity index (χ1n) is 6.86. The van der Waals surface area contributed by atoms with Crippen molar-refractivity contribution in [2.75, 3.05) is 13.1 Å². The van der Waals surface area contributed by atoms with Gasteiger partial charge < -0.3 is 21.3 Å². The van der Waals surface area contributed by atoms with Gasteiger partial charge in [0.1, 0.15) is 6.04 Å². The Morgan fingerprint density at radius 2 is 1.58 bits per heavy atom. The fraction of sp³-hybridized carbons (Fsp3) is 0.846. The number of nitrogens with two attached hydrogens (primary N) is 1. The van der Waals surface area contributed by atoms with Crippen LogP contribution < -0.4 is 11.1 Å². The van der Waals surface area contributed by atoms with Gasteiger partial charge in [-0.15, -0.1) is 0 Å². The van der Waals surface area contributed by atoms with Gasteiger partial charge in [-0.1, -0.05) is 26.7 Å². The summed E-state index contributed by atoms with van der Waals surface area (Å²) in [4.78, 5) is 19.9. The molecule has 0 aliphatic carbocycles. The third-order valence-electron chi connectivity index (χ3n) is 2.40. The Bertz CT molecular complexity index is 229. The zero-order chi connectivity index (χ0) is 15.1. The highest BCUT2D eigenvalue weighted by atomic mass is 16.4. The molecular formula is C13H28N2O4. The smallest absolute Gasteiger partial charge is 0.320 e. The maximum absolute atomic E-state index is 9.99. The number of hydrogen-bond donors (Lipinski definition) is 4. The molecule has 0 saturated carbocycles. The second-order valence-corrected chi connectivity index (χ2v) is 4.33. The van der Waals surface area contributed by atoms with E-state index in [-0.39, 0.29) is 12.8 Å². The first kappa shape index (κ1) is 20.2. The summed E-state index contributed by atoms with van der Waals surface area (Å²) in [6.45, 7) is 6.86. The van der Waals surface area contributed by atoms with Gasteiger partial charge in [0.25, 0.3) is 0 Å². The van der Waals surface area contributed by atoms with Gasteiger partial charge in [0.15, 0.2) is 0 Å². The maximum atomic E-state index is 9.99. The summed E-state index contributed by atoms with van der Waals surface area (Å²) in [5.41, 5.74) is 5.00. The largest absolute Gasteiger partial charge is 0.481 e. The second kappa shape index (κ2) is 14.9. The quantitative estimate of drug-likeness (QED) is 0.449. The highest BCUT2D eigenvalue weighted by Crippen LogP contribution is 1.93. The van der Waals surface area contributed by atoms with Crippen LogP contribution in [0.3, 0.4) is 0 Å². The Kier molecular flexibility index (Phi) is 15.8. The van der Waals surface area contributed by atoms with Crippen molar-refractivity contribution in [3.8, 4) is 0 Å². The SMILES string of the molecule is CCCCNCCCC.N[C@@H](CCC(=O)O)C(=O)O. The molecule has 114 valence electrons. The van der Waals surface area contributed by atoms with Crippen LogP contribution in [0.4, 0.5) is 0 Å². The lowest BCUT2D eigenvalue weighted by Gasteiger charge is -2.01. The van der Waals surface area contributed by atoms with Crippen molar-refractivity contribution in [3.05, 3.63) is 0 Å². The Hall–Kier alpha value is -1.14. The third-order valence-corrected chi connectivity index (χ3v) is 2.40. The lowest BCUT2D eigenvalue weighted by molar-refractivity contribution is -0.139. The summed E-state index contributed by atoms with van der Waals surface area (Å²) >= 11 is 0. The van der Waals surface area contributed by atoms with E-state index in [1.807, 2.05) is 0 Å². The van der Waals surface area contributed by atoms with Crippen molar-refractivity contribution >= 4 is 11.9 Å². The summed E-state index contributed by atoms with van der Waals surface area (Å²) in [6.07, 6.45) is 5.03. The van der Waals surface area contributed by atoms with Gasteiger partial charge in [-0.05, 0) is 32.4 Å². The lowest BCUT2D eigenvalue weighted by atomic mass is 10.2. The first-order valence-corrected chi connectivity index (χ1v) is 6.86. The second-order valence-electron chi connectivity index (χ2n) is 4.33. The highest BCUT2D eigenvalue weighted by Gasteiger charge is 2.12. The van der Waals surface area contributed by atoms with E-state index in [1.54, 1.807) is 0 Å². The molecular weight excluding hydrogens is 248 g/mol. The Labute approximate surface area is 115 Å². The van der Waals surface area contributed by atoms with Crippen molar-refractivity contribution in [2.24, 2.45) is 5.73 Å². The van der Waals surface area contributed by atoms with E-state index in [0.717, 1.165) is 0 Å². The van der Waals surface area contributed by atoms with Crippen molar-refractivity contribution in [1.82, 2.24) is 5.32 Å². The van der Waals surface area contributed by atoms with Gasteiger partial charge in [0.2, 0.25) is 0 Å². The lowest BCUT2D eigenvalue weighted by Crippen LogP contribution is -2.30. The van der Waals surface area contributed by atoms with Crippen LogP contribution in [0.2, 0.25) is 0 Å². The highest BCUT2D eigenvalue weighted by molar-refractivity contribution is 5.74. The van der Waals surface area contributed by atoms with Crippen molar-refractivity contribution in [1.29, 1.82) is 0 Å². The van der Waals surface area contributed by atoms with Crippen LogP contribution >= 0.6 is 0 Å². The standard InChI is InChI=1S/C8H19N.C5H9NO4/c1-3-5-7-9-8-6-4-2;6-3(5(9)10)1-2-4(7)8/h9H,3-8H2,1-2H3;3H,1-2,6H2,(H,7,8)(H,9,10)/t;3-/m.0/s1. The normalized spacial score (nSPS) is 11.3. The molecule has 0 aromatic heterocycles. The van der Waals surface area contributed by atoms with E-state index in [9.17, 15) is 9.59 Å². The van der Waals surface area contributed by atoms with E-state index in [1.165, 1.54) is 38.8 Å². The molecule has 0 aliphatic rings. The molecule has 0 saturated heterocycles. The predicted octanol–water partition coefficient (Wildman–Crippen LogP) is 1.44. The minimum atomic E-state index is -1.17.